The molecule has 5 rings (SSSR count). The van der Waals surface area contributed by atoms with Gasteiger partial charge in [-0.1, -0.05) is 42.5 Å². The van der Waals surface area contributed by atoms with E-state index < -0.39 is 0 Å². The third-order valence-corrected chi connectivity index (χ3v) is 6.82. The van der Waals surface area contributed by atoms with Crippen molar-refractivity contribution in [2.24, 2.45) is 0 Å². The summed E-state index contributed by atoms with van der Waals surface area (Å²) in [5.74, 6) is 0.825. The Balaban J connectivity index is 1.36. The standard InChI is InChI=1S/C26H26N2O4S/c29-26(27-17-22(24-11-6-16-33-24)28-12-14-30-15-13-28)25-21(18-31-19-7-2-1-3-8-19)20-9-4-5-10-23(20)32-25/h1-11,16,22H,12-15,17-18H2,(H,27,29)/t22-/m0/s1. The van der Waals surface area contributed by atoms with E-state index >= 15 is 0 Å². The molecule has 6 nitrogen and oxygen atoms in total. The second kappa shape index (κ2) is 10.2. The zero-order valence-electron chi connectivity index (χ0n) is 18.2. The van der Waals surface area contributed by atoms with Crippen molar-refractivity contribution < 1.29 is 18.7 Å². The van der Waals surface area contributed by atoms with Crippen LogP contribution in [0.25, 0.3) is 11.0 Å². The maximum absolute atomic E-state index is 13.3. The van der Waals surface area contributed by atoms with Crippen molar-refractivity contribution in [3.8, 4) is 5.75 Å². The van der Waals surface area contributed by atoms with E-state index in [-0.39, 0.29) is 18.6 Å². The number of rotatable bonds is 8. The zero-order chi connectivity index (χ0) is 22.5. The normalized spacial score (nSPS) is 15.4. The van der Waals surface area contributed by atoms with Gasteiger partial charge in [0.1, 0.15) is 17.9 Å². The highest BCUT2D eigenvalue weighted by molar-refractivity contribution is 7.10. The van der Waals surface area contributed by atoms with Gasteiger partial charge in [-0.15, -0.1) is 11.3 Å². The fourth-order valence-electron chi connectivity index (χ4n) is 4.15. The van der Waals surface area contributed by atoms with Gasteiger partial charge in [0, 0.05) is 35.5 Å². The summed E-state index contributed by atoms with van der Waals surface area (Å²) in [5, 5.41) is 6.08. The first kappa shape index (κ1) is 21.7. The molecule has 1 aliphatic rings. The summed E-state index contributed by atoms with van der Waals surface area (Å²) in [5.41, 5.74) is 1.43. The van der Waals surface area contributed by atoms with Gasteiger partial charge in [0.05, 0.1) is 19.3 Å². The fourth-order valence-corrected chi connectivity index (χ4v) is 5.01. The second-order valence-electron chi connectivity index (χ2n) is 7.90. The topological polar surface area (TPSA) is 63.9 Å². The summed E-state index contributed by atoms with van der Waals surface area (Å²) >= 11 is 1.71. The molecule has 170 valence electrons. The predicted octanol–water partition coefficient (Wildman–Crippen LogP) is 4.88. The number of carbonyl (C=O) groups is 1. The monoisotopic (exact) mass is 462 g/mol. The van der Waals surface area contributed by atoms with Crippen LogP contribution in [0.1, 0.15) is 27.0 Å². The molecule has 7 heteroatoms. The van der Waals surface area contributed by atoms with Gasteiger partial charge in [0.15, 0.2) is 5.76 Å². The average Bonchev–Trinajstić information content (AvgIpc) is 3.52. The van der Waals surface area contributed by atoms with Crippen molar-refractivity contribution in [3.05, 3.63) is 88.3 Å². The maximum Gasteiger partial charge on any atom is 0.287 e. The number of hydrogen-bond donors (Lipinski definition) is 1. The lowest BCUT2D eigenvalue weighted by Gasteiger charge is -2.34. The maximum atomic E-state index is 13.3. The highest BCUT2D eigenvalue weighted by Crippen LogP contribution is 2.29. The third kappa shape index (κ3) is 4.95. The predicted molar refractivity (Wildman–Crippen MR) is 129 cm³/mol. The quantitative estimate of drug-likeness (QED) is 0.405. The summed E-state index contributed by atoms with van der Waals surface area (Å²) in [7, 11) is 0. The number of para-hydroxylation sites is 2. The van der Waals surface area contributed by atoms with E-state index in [1.165, 1.54) is 4.88 Å². The van der Waals surface area contributed by atoms with Crippen molar-refractivity contribution in [2.45, 2.75) is 12.6 Å². The summed E-state index contributed by atoms with van der Waals surface area (Å²) in [6, 6.07) is 21.5. The molecule has 0 bridgehead atoms. The number of fused-ring (bicyclic) bond motifs is 1. The zero-order valence-corrected chi connectivity index (χ0v) is 19.1. The number of morpholine rings is 1. The highest BCUT2D eigenvalue weighted by Gasteiger charge is 2.26. The van der Waals surface area contributed by atoms with Crippen LogP contribution in [-0.2, 0) is 11.3 Å². The van der Waals surface area contributed by atoms with E-state index in [0.717, 1.165) is 29.8 Å². The Morgan fingerprint density at radius 2 is 1.82 bits per heavy atom. The van der Waals surface area contributed by atoms with Gasteiger partial charge in [-0.3, -0.25) is 9.69 Å². The van der Waals surface area contributed by atoms with Crippen LogP contribution in [0, 0.1) is 0 Å². The van der Waals surface area contributed by atoms with Crippen LogP contribution in [0.4, 0.5) is 0 Å². The minimum Gasteiger partial charge on any atom is -0.489 e. The van der Waals surface area contributed by atoms with Gasteiger partial charge >= 0.3 is 0 Å². The van der Waals surface area contributed by atoms with Gasteiger partial charge in [-0.2, -0.15) is 0 Å². The fraction of sp³-hybridized carbons (Fsp3) is 0.269. The summed E-state index contributed by atoms with van der Waals surface area (Å²) in [6.45, 7) is 3.86. The molecule has 2 aromatic carbocycles. The first-order valence-corrected chi connectivity index (χ1v) is 12.0. The lowest BCUT2D eigenvalue weighted by Crippen LogP contribution is -2.43. The molecular formula is C26H26N2O4S. The number of nitrogens with one attached hydrogen (secondary N) is 1. The molecule has 1 aliphatic heterocycles. The largest absolute Gasteiger partial charge is 0.489 e. The first-order chi connectivity index (χ1) is 16.3. The van der Waals surface area contributed by atoms with Crippen molar-refractivity contribution >= 4 is 28.2 Å². The van der Waals surface area contributed by atoms with Crippen LogP contribution in [0.15, 0.2) is 76.5 Å². The van der Waals surface area contributed by atoms with Gasteiger partial charge in [-0.25, -0.2) is 0 Å². The number of benzene rings is 2. The van der Waals surface area contributed by atoms with E-state index in [0.29, 0.717) is 31.1 Å². The molecule has 0 radical (unpaired) electrons. The Morgan fingerprint density at radius 1 is 1.03 bits per heavy atom. The molecule has 1 amide bonds. The van der Waals surface area contributed by atoms with Crippen LogP contribution in [0.2, 0.25) is 0 Å². The van der Waals surface area contributed by atoms with E-state index in [2.05, 4.69) is 21.7 Å². The van der Waals surface area contributed by atoms with Gasteiger partial charge < -0.3 is 19.2 Å². The van der Waals surface area contributed by atoms with Crippen LogP contribution >= 0.6 is 11.3 Å². The van der Waals surface area contributed by atoms with Crippen LogP contribution < -0.4 is 10.1 Å². The van der Waals surface area contributed by atoms with Crippen molar-refractivity contribution in [3.63, 3.8) is 0 Å². The van der Waals surface area contributed by atoms with Crippen LogP contribution in [0.3, 0.4) is 0 Å². The third-order valence-electron chi connectivity index (χ3n) is 5.84. The number of carbonyl (C=O) groups excluding carboxylic acids is 1. The molecule has 1 saturated heterocycles. The molecule has 0 unspecified atom stereocenters. The van der Waals surface area contributed by atoms with E-state index in [1.807, 2.05) is 60.7 Å². The van der Waals surface area contributed by atoms with Gasteiger partial charge in [0.2, 0.25) is 0 Å². The molecule has 1 atom stereocenters. The summed E-state index contributed by atoms with van der Waals surface area (Å²) in [6.07, 6.45) is 0. The lowest BCUT2D eigenvalue weighted by molar-refractivity contribution is 0.0168. The van der Waals surface area contributed by atoms with Gasteiger partial charge in [0.25, 0.3) is 5.91 Å². The summed E-state index contributed by atoms with van der Waals surface area (Å²) < 4.78 is 17.5. The molecule has 3 heterocycles. The molecule has 1 N–H and O–H groups in total. The van der Waals surface area contributed by atoms with Crippen LogP contribution in [-0.4, -0.2) is 43.7 Å². The Labute approximate surface area is 196 Å². The van der Waals surface area contributed by atoms with E-state index in [1.54, 1.807) is 11.3 Å². The minimum atomic E-state index is -0.229. The second-order valence-corrected chi connectivity index (χ2v) is 8.88. The number of amides is 1. The molecule has 0 aliphatic carbocycles. The first-order valence-electron chi connectivity index (χ1n) is 11.1. The number of thiophene rings is 1. The smallest absolute Gasteiger partial charge is 0.287 e. The number of furan rings is 1. The summed E-state index contributed by atoms with van der Waals surface area (Å²) in [4.78, 5) is 16.9. The van der Waals surface area contributed by atoms with Crippen molar-refractivity contribution in [1.82, 2.24) is 10.2 Å². The van der Waals surface area contributed by atoms with Gasteiger partial charge in [-0.05, 0) is 29.6 Å². The van der Waals surface area contributed by atoms with Crippen molar-refractivity contribution in [1.29, 1.82) is 0 Å². The molecular weight excluding hydrogens is 436 g/mol. The molecule has 33 heavy (non-hydrogen) atoms. The minimum absolute atomic E-state index is 0.103. The highest BCUT2D eigenvalue weighted by atomic mass is 32.1. The molecule has 4 aromatic rings. The van der Waals surface area contributed by atoms with E-state index in [9.17, 15) is 4.79 Å². The van der Waals surface area contributed by atoms with E-state index in [4.69, 9.17) is 13.9 Å². The molecule has 1 fully saturated rings. The lowest BCUT2D eigenvalue weighted by atomic mass is 10.1. The number of hydrogen-bond acceptors (Lipinski definition) is 6. The Morgan fingerprint density at radius 3 is 2.61 bits per heavy atom. The van der Waals surface area contributed by atoms with Crippen molar-refractivity contribution in [2.75, 3.05) is 32.8 Å². The molecule has 0 spiro atoms. The Hall–Kier alpha value is -3.13. The molecule has 2 aromatic heterocycles. The van der Waals surface area contributed by atoms with Crippen LogP contribution in [0.5, 0.6) is 5.75 Å². The number of ether oxygens (including phenoxy) is 2. The number of nitrogens with zero attached hydrogens (tertiary/aromatic N) is 1. The Bertz CT molecular complexity index is 1180. The average molecular weight is 463 g/mol. The Kier molecular flexibility index (Phi) is 6.71. The molecule has 0 saturated carbocycles. The SMILES string of the molecule is O=C(NC[C@@H](c1cccs1)N1CCOCC1)c1oc2ccccc2c1COc1ccccc1.